The van der Waals surface area contributed by atoms with Crippen molar-refractivity contribution in [2.24, 2.45) is 0 Å². The minimum atomic E-state index is -0.714. The van der Waals surface area contributed by atoms with Crippen LogP contribution in [0.5, 0.6) is 0 Å². The van der Waals surface area contributed by atoms with E-state index in [-0.39, 0.29) is 0 Å². The molecule has 0 aromatic rings. The molecule has 0 spiro atoms. The summed E-state index contributed by atoms with van der Waals surface area (Å²) in [4.78, 5) is 0. The van der Waals surface area contributed by atoms with Gasteiger partial charge in [0.05, 0.1) is 18.3 Å². The van der Waals surface area contributed by atoms with E-state index in [4.69, 9.17) is 15.3 Å². The average Bonchev–Trinajstić information content (AvgIpc) is 2.02. The molecule has 0 saturated heterocycles. The Hall–Kier alpha value is -0.120. The molecule has 1 unspecified atom stereocenters. The Balaban J connectivity index is 0.000000461. The van der Waals surface area contributed by atoms with Crippen LogP contribution < -0.4 is 0 Å². The van der Waals surface area contributed by atoms with Crippen molar-refractivity contribution in [2.45, 2.75) is 51.4 Å². The van der Waals surface area contributed by atoms with Gasteiger partial charge in [-0.2, -0.15) is 0 Å². The van der Waals surface area contributed by atoms with Crippen molar-refractivity contribution in [1.29, 1.82) is 0 Å². The molecule has 0 aliphatic heterocycles. The van der Waals surface area contributed by atoms with Crippen LogP contribution in [0, 0.1) is 0 Å². The molecule has 1 fully saturated rings. The zero-order chi connectivity index (χ0) is 8.85. The van der Waals surface area contributed by atoms with Crippen LogP contribution in [-0.4, -0.2) is 33.6 Å². The topological polar surface area (TPSA) is 60.7 Å². The van der Waals surface area contributed by atoms with Crippen LogP contribution >= 0.6 is 0 Å². The molecule has 0 radical (unpaired) electrons. The largest absolute Gasteiger partial charge is 0.393 e. The van der Waals surface area contributed by atoms with Crippen LogP contribution in [0.3, 0.4) is 0 Å². The number of hydrogen-bond donors (Lipinski definition) is 3. The SMILES string of the molecule is CC.OC1C[C@H](O)CC[C@@H]1O. The van der Waals surface area contributed by atoms with Crippen LogP contribution in [0.2, 0.25) is 0 Å². The molecule has 0 aromatic carbocycles. The summed E-state index contributed by atoms with van der Waals surface area (Å²) in [5.41, 5.74) is 0. The summed E-state index contributed by atoms with van der Waals surface area (Å²) in [5.74, 6) is 0. The fraction of sp³-hybridized carbons (Fsp3) is 1.00. The normalized spacial score (nSPS) is 37.4. The molecule has 0 amide bonds. The fourth-order valence-electron chi connectivity index (χ4n) is 1.11. The Morgan fingerprint density at radius 1 is 0.909 bits per heavy atom. The third kappa shape index (κ3) is 3.70. The first-order chi connectivity index (χ1) is 5.20. The van der Waals surface area contributed by atoms with E-state index in [9.17, 15) is 0 Å². The summed E-state index contributed by atoms with van der Waals surface area (Å²) in [7, 11) is 0. The Morgan fingerprint density at radius 3 is 1.82 bits per heavy atom. The summed E-state index contributed by atoms with van der Waals surface area (Å²) in [6, 6.07) is 0. The van der Waals surface area contributed by atoms with Crippen molar-refractivity contribution in [3.05, 3.63) is 0 Å². The number of aliphatic hydroxyl groups excluding tert-OH is 3. The highest BCUT2D eigenvalue weighted by Crippen LogP contribution is 2.18. The second-order valence-electron chi connectivity index (χ2n) is 2.60. The zero-order valence-corrected chi connectivity index (χ0v) is 7.20. The van der Waals surface area contributed by atoms with E-state index in [0.717, 1.165) is 0 Å². The Labute approximate surface area is 67.7 Å². The van der Waals surface area contributed by atoms with E-state index in [0.29, 0.717) is 19.3 Å². The molecule has 3 N–H and O–H groups in total. The Morgan fingerprint density at radius 2 is 1.45 bits per heavy atom. The lowest BCUT2D eigenvalue weighted by Gasteiger charge is -2.26. The lowest BCUT2D eigenvalue weighted by atomic mass is 9.93. The molecule has 68 valence electrons. The van der Waals surface area contributed by atoms with Crippen molar-refractivity contribution >= 4 is 0 Å². The molecule has 0 aromatic heterocycles. The summed E-state index contributed by atoms with van der Waals surface area (Å²) >= 11 is 0. The second kappa shape index (κ2) is 5.52. The Bertz CT molecular complexity index is 95.3. The van der Waals surface area contributed by atoms with Crippen molar-refractivity contribution in [3.8, 4) is 0 Å². The monoisotopic (exact) mass is 162 g/mol. The predicted octanol–water partition coefficient (Wildman–Crippen LogP) is 0.279. The van der Waals surface area contributed by atoms with Crippen LogP contribution in [0.4, 0.5) is 0 Å². The summed E-state index contributed by atoms with van der Waals surface area (Å²) in [5, 5.41) is 26.8. The van der Waals surface area contributed by atoms with E-state index in [1.54, 1.807) is 0 Å². The minimum absolute atomic E-state index is 0.321. The third-order valence-corrected chi connectivity index (χ3v) is 1.75. The molecular formula is C8H18O3. The molecule has 3 nitrogen and oxygen atoms in total. The smallest absolute Gasteiger partial charge is 0.0823 e. The van der Waals surface area contributed by atoms with Gasteiger partial charge < -0.3 is 15.3 Å². The van der Waals surface area contributed by atoms with Gasteiger partial charge in [-0.3, -0.25) is 0 Å². The van der Waals surface area contributed by atoms with Crippen molar-refractivity contribution < 1.29 is 15.3 Å². The van der Waals surface area contributed by atoms with Gasteiger partial charge in [0, 0.05) is 6.42 Å². The standard InChI is InChI=1S/C6H12O3.C2H6/c7-4-1-2-5(8)6(9)3-4;1-2/h4-9H,1-3H2;1-2H3/t4-,5+,6?;/m1./s1. The quantitative estimate of drug-likeness (QED) is 0.479. The van der Waals surface area contributed by atoms with Gasteiger partial charge in [-0.25, -0.2) is 0 Å². The van der Waals surface area contributed by atoms with Crippen molar-refractivity contribution in [1.82, 2.24) is 0 Å². The van der Waals surface area contributed by atoms with E-state index in [1.165, 1.54) is 0 Å². The highest BCUT2D eigenvalue weighted by Gasteiger charge is 2.25. The first-order valence-corrected chi connectivity index (χ1v) is 4.24. The number of rotatable bonds is 0. The fourth-order valence-corrected chi connectivity index (χ4v) is 1.11. The van der Waals surface area contributed by atoms with Gasteiger partial charge in [0.15, 0.2) is 0 Å². The van der Waals surface area contributed by atoms with Gasteiger partial charge in [0.2, 0.25) is 0 Å². The Kier molecular flexibility index (Phi) is 5.46. The molecule has 11 heavy (non-hydrogen) atoms. The number of aliphatic hydroxyl groups is 3. The molecule has 1 saturated carbocycles. The van der Waals surface area contributed by atoms with E-state index < -0.39 is 18.3 Å². The van der Waals surface area contributed by atoms with Gasteiger partial charge in [-0.05, 0) is 12.8 Å². The van der Waals surface area contributed by atoms with Crippen molar-refractivity contribution in [3.63, 3.8) is 0 Å². The van der Waals surface area contributed by atoms with Crippen LogP contribution in [-0.2, 0) is 0 Å². The van der Waals surface area contributed by atoms with E-state index in [1.807, 2.05) is 13.8 Å². The molecule has 3 atom stereocenters. The highest BCUT2D eigenvalue weighted by molar-refractivity contribution is 4.77. The van der Waals surface area contributed by atoms with Crippen LogP contribution in [0.15, 0.2) is 0 Å². The van der Waals surface area contributed by atoms with E-state index in [2.05, 4.69) is 0 Å². The van der Waals surface area contributed by atoms with Gasteiger partial charge in [0.25, 0.3) is 0 Å². The summed E-state index contributed by atoms with van der Waals surface area (Å²) in [6.45, 7) is 4.00. The predicted molar refractivity (Wildman–Crippen MR) is 43.2 cm³/mol. The van der Waals surface area contributed by atoms with Crippen LogP contribution in [0.25, 0.3) is 0 Å². The maximum absolute atomic E-state index is 8.94. The molecule has 1 rings (SSSR count). The van der Waals surface area contributed by atoms with Crippen molar-refractivity contribution in [2.75, 3.05) is 0 Å². The van der Waals surface area contributed by atoms with E-state index >= 15 is 0 Å². The molecule has 0 heterocycles. The van der Waals surface area contributed by atoms with Gasteiger partial charge >= 0.3 is 0 Å². The maximum atomic E-state index is 8.94. The lowest BCUT2D eigenvalue weighted by molar-refractivity contribution is -0.0494. The molecule has 3 heteroatoms. The summed E-state index contributed by atoms with van der Waals surface area (Å²) < 4.78 is 0. The third-order valence-electron chi connectivity index (χ3n) is 1.75. The van der Waals surface area contributed by atoms with Gasteiger partial charge in [-0.15, -0.1) is 0 Å². The first-order valence-electron chi connectivity index (χ1n) is 4.24. The minimum Gasteiger partial charge on any atom is -0.393 e. The van der Waals surface area contributed by atoms with Gasteiger partial charge in [-0.1, -0.05) is 13.8 Å². The highest BCUT2D eigenvalue weighted by atomic mass is 16.3. The molecule has 1 aliphatic rings. The maximum Gasteiger partial charge on any atom is 0.0823 e. The average molecular weight is 162 g/mol. The second-order valence-corrected chi connectivity index (χ2v) is 2.60. The first kappa shape index (κ1) is 10.9. The summed E-state index contributed by atoms with van der Waals surface area (Å²) in [6.07, 6.45) is -0.299. The van der Waals surface area contributed by atoms with Gasteiger partial charge in [0.1, 0.15) is 0 Å². The van der Waals surface area contributed by atoms with Crippen LogP contribution in [0.1, 0.15) is 33.1 Å². The number of hydrogen-bond acceptors (Lipinski definition) is 3. The molecule has 0 bridgehead atoms. The zero-order valence-electron chi connectivity index (χ0n) is 7.20. The molecule has 1 aliphatic carbocycles. The lowest BCUT2D eigenvalue weighted by Crippen LogP contribution is -2.35. The molecular weight excluding hydrogens is 144 g/mol.